The number of aliphatic hydroxyl groups excluding tert-OH is 1. The Balaban J connectivity index is 2.68. The number of anilines is 1. The highest BCUT2D eigenvalue weighted by Gasteiger charge is 2.09. The van der Waals surface area contributed by atoms with E-state index in [2.05, 4.69) is 10.6 Å². The molecule has 6 nitrogen and oxygen atoms in total. The van der Waals surface area contributed by atoms with Crippen LogP contribution in [0.5, 0.6) is 0 Å². The zero-order valence-electron chi connectivity index (χ0n) is 13.2. The fraction of sp³-hybridized carbons (Fsp3) is 0.312. The van der Waals surface area contributed by atoms with Crippen LogP contribution in [0.25, 0.3) is 0 Å². The van der Waals surface area contributed by atoms with Crippen molar-refractivity contribution < 1.29 is 14.7 Å². The van der Waals surface area contributed by atoms with Crippen LogP contribution in [-0.4, -0.2) is 40.4 Å². The molecule has 3 N–H and O–H groups in total. The number of benzene rings is 1. The quantitative estimate of drug-likeness (QED) is 0.177. The smallest absolute Gasteiger partial charge is 0.257 e. The third-order valence-electron chi connectivity index (χ3n) is 3.21. The van der Waals surface area contributed by atoms with E-state index < -0.39 is 5.91 Å². The Hall–Kier alpha value is -2.41. The Morgan fingerprint density at radius 2 is 2.04 bits per heavy atom. The third kappa shape index (κ3) is 5.71. The molecular formula is C16H21N3O3S. The minimum Gasteiger partial charge on any atom is -0.515 e. The molecule has 0 bridgehead atoms. The highest BCUT2D eigenvalue weighted by atomic mass is 32.1. The van der Waals surface area contributed by atoms with E-state index in [0.29, 0.717) is 17.7 Å². The molecule has 0 atom stereocenters. The zero-order chi connectivity index (χ0) is 17.2. The second-order valence-electron chi connectivity index (χ2n) is 4.69. The molecule has 1 amide bonds. The maximum Gasteiger partial charge on any atom is 0.257 e. The first kappa shape index (κ1) is 18.6. The number of amides is 1. The van der Waals surface area contributed by atoms with Gasteiger partial charge in [-0.1, -0.05) is 12.1 Å². The van der Waals surface area contributed by atoms with Crippen LogP contribution in [0.15, 0.2) is 36.1 Å². The van der Waals surface area contributed by atoms with Crippen LogP contribution in [0, 0.1) is 0 Å². The molecule has 0 unspecified atom stereocenters. The van der Waals surface area contributed by atoms with E-state index in [0.717, 1.165) is 24.3 Å². The summed E-state index contributed by atoms with van der Waals surface area (Å²) >= 11 is 5.34. The zero-order valence-corrected chi connectivity index (χ0v) is 14.0. The lowest BCUT2D eigenvalue weighted by Crippen LogP contribution is -2.34. The average molecular weight is 335 g/mol. The summed E-state index contributed by atoms with van der Waals surface area (Å²) in [5.41, 5.74) is 1.35. The molecule has 124 valence electrons. The van der Waals surface area contributed by atoms with Crippen LogP contribution < -0.4 is 10.6 Å². The molecule has 0 aliphatic rings. The number of hydrogen-bond donors (Lipinski definition) is 3. The minimum absolute atomic E-state index is 0.234. The minimum atomic E-state index is -0.625. The Kier molecular flexibility index (Phi) is 7.76. The molecule has 0 radical (unpaired) electrons. The molecule has 0 heterocycles. The predicted octanol–water partition coefficient (Wildman–Crippen LogP) is 1.98. The number of nitrogens with zero attached hydrogens (tertiary/aromatic N) is 1. The Labute approximate surface area is 141 Å². The number of nitrogens with one attached hydrogen (secondary N) is 2. The van der Waals surface area contributed by atoms with Gasteiger partial charge < -0.3 is 20.6 Å². The van der Waals surface area contributed by atoms with Crippen molar-refractivity contribution in [3.8, 4) is 0 Å². The highest BCUT2D eigenvalue weighted by molar-refractivity contribution is 7.80. The number of aliphatic hydroxyl groups is 1. The second-order valence-corrected chi connectivity index (χ2v) is 5.07. The van der Waals surface area contributed by atoms with Gasteiger partial charge in [0.15, 0.2) is 11.4 Å². The van der Waals surface area contributed by atoms with Gasteiger partial charge in [0.1, 0.15) is 5.57 Å². The molecule has 1 rings (SSSR count). The summed E-state index contributed by atoms with van der Waals surface area (Å²) in [5.74, 6) is -0.625. The van der Waals surface area contributed by atoms with Gasteiger partial charge in [-0.15, -0.1) is 0 Å². The second kappa shape index (κ2) is 9.58. The molecule has 7 heteroatoms. The number of aldehydes is 1. The number of rotatable bonds is 7. The molecule has 23 heavy (non-hydrogen) atoms. The Bertz CT molecular complexity index is 598. The van der Waals surface area contributed by atoms with Crippen LogP contribution >= 0.6 is 12.2 Å². The van der Waals surface area contributed by atoms with E-state index in [-0.39, 0.29) is 12.1 Å². The van der Waals surface area contributed by atoms with Crippen molar-refractivity contribution >= 4 is 35.2 Å². The topological polar surface area (TPSA) is 81.7 Å². The summed E-state index contributed by atoms with van der Waals surface area (Å²) < 4.78 is 0. The number of carbonyl (C=O) groups excluding carboxylic acids is 2. The first-order chi connectivity index (χ1) is 11.0. The summed E-state index contributed by atoms with van der Waals surface area (Å²) in [6.07, 6.45) is 0.790. The first-order valence-electron chi connectivity index (χ1n) is 7.28. The first-order valence-corrected chi connectivity index (χ1v) is 7.69. The number of hydrogen-bond acceptors (Lipinski definition) is 4. The lowest BCUT2D eigenvalue weighted by Gasteiger charge is -2.22. The highest BCUT2D eigenvalue weighted by Crippen LogP contribution is 2.12. The summed E-state index contributed by atoms with van der Waals surface area (Å²) in [5, 5.41) is 15.1. The lowest BCUT2D eigenvalue weighted by molar-refractivity contribution is -0.119. The van der Waals surface area contributed by atoms with Gasteiger partial charge in [-0.05, 0) is 43.8 Å². The van der Waals surface area contributed by atoms with E-state index in [1.807, 2.05) is 43.0 Å². The molecule has 0 aromatic heterocycles. The number of carbonyl (C=O) groups is 2. The van der Waals surface area contributed by atoms with Gasteiger partial charge >= 0.3 is 0 Å². The SMILES string of the molecule is CCN(CC)C(=S)Nc1cccc(CNC(=O)/C(C=O)=C/O)c1. The molecule has 0 aliphatic carbocycles. The predicted molar refractivity (Wildman–Crippen MR) is 94.2 cm³/mol. The maximum absolute atomic E-state index is 11.6. The molecule has 0 saturated carbocycles. The van der Waals surface area contributed by atoms with E-state index >= 15 is 0 Å². The fourth-order valence-electron chi connectivity index (χ4n) is 1.90. The van der Waals surface area contributed by atoms with Crippen LogP contribution in [-0.2, 0) is 16.1 Å². The molecular weight excluding hydrogens is 314 g/mol. The largest absolute Gasteiger partial charge is 0.515 e. The van der Waals surface area contributed by atoms with Crippen molar-refractivity contribution in [2.24, 2.45) is 0 Å². The van der Waals surface area contributed by atoms with Gasteiger partial charge in [0.2, 0.25) is 0 Å². The maximum atomic E-state index is 11.6. The summed E-state index contributed by atoms with van der Waals surface area (Å²) in [6.45, 7) is 5.93. The van der Waals surface area contributed by atoms with Gasteiger partial charge in [0.05, 0.1) is 6.26 Å². The van der Waals surface area contributed by atoms with Gasteiger partial charge in [-0.3, -0.25) is 9.59 Å². The molecule has 0 aliphatic heterocycles. The van der Waals surface area contributed by atoms with Crippen LogP contribution in [0.1, 0.15) is 19.4 Å². The lowest BCUT2D eigenvalue weighted by atomic mass is 10.2. The van der Waals surface area contributed by atoms with Crippen molar-refractivity contribution in [2.75, 3.05) is 18.4 Å². The molecule has 1 aromatic carbocycles. The standard InChI is InChI=1S/C16H21N3O3S/c1-3-19(4-2)16(23)18-14-7-5-6-12(8-14)9-17-15(22)13(10-20)11-21/h5-8,10-11,20H,3-4,9H2,1-2H3,(H,17,22)(H,18,23)/b13-10+. The van der Waals surface area contributed by atoms with E-state index in [1.165, 1.54) is 0 Å². The van der Waals surface area contributed by atoms with E-state index in [4.69, 9.17) is 17.3 Å². The van der Waals surface area contributed by atoms with Gasteiger partial charge in [0, 0.05) is 25.3 Å². The molecule has 0 saturated heterocycles. The summed E-state index contributed by atoms with van der Waals surface area (Å²) in [4.78, 5) is 24.2. The van der Waals surface area contributed by atoms with E-state index in [1.54, 1.807) is 0 Å². The average Bonchev–Trinajstić information content (AvgIpc) is 2.55. The van der Waals surface area contributed by atoms with Gasteiger partial charge in [-0.2, -0.15) is 0 Å². The summed E-state index contributed by atoms with van der Waals surface area (Å²) in [6, 6.07) is 7.43. The Morgan fingerprint density at radius 3 is 2.61 bits per heavy atom. The van der Waals surface area contributed by atoms with Gasteiger partial charge in [0.25, 0.3) is 5.91 Å². The summed E-state index contributed by atoms with van der Waals surface area (Å²) in [7, 11) is 0. The Morgan fingerprint density at radius 1 is 1.35 bits per heavy atom. The normalized spacial score (nSPS) is 10.8. The third-order valence-corrected chi connectivity index (χ3v) is 3.57. The van der Waals surface area contributed by atoms with Gasteiger partial charge in [-0.25, -0.2) is 0 Å². The van der Waals surface area contributed by atoms with Crippen molar-refractivity contribution in [2.45, 2.75) is 20.4 Å². The number of thiocarbonyl (C=S) groups is 1. The van der Waals surface area contributed by atoms with Crippen LogP contribution in [0.2, 0.25) is 0 Å². The molecule has 1 aromatic rings. The van der Waals surface area contributed by atoms with Crippen LogP contribution in [0.4, 0.5) is 5.69 Å². The van der Waals surface area contributed by atoms with E-state index in [9.17, 15) is 9.59 Å². The fourth-order valence-corrected chi connectivity index (χ4v) is 2.28. The van der Waals surface area contributed by atoms with Crippen molar-refractivity contribution in [1.82, 2.24) is 10.2 Å². The van der Waals surface area contributed by atoms with Crippen molar-refractivity contribution in [3.05, 3.63) is 41.7 Å². The van der Waals surface area contributed by atoms with Crippen molar-refractivity contribution in [3.63, 3.8) is 0 Å². The molecule has 0 fully saturated rings. The van der Waals surface area contributed by atoms with Crippen LogP contribution in [0.3, 0.4) is 0 Å². The van der Waals surface area contributed by atoms with Crippen molar-refractivity contribution in [1.29, 1.82) is 0 Å². The molecule has 0 spiro atoms. The monoisotopic (exact) mass is 335 g/mol.